The van der Waals surface area contributed by atoms with Crippen molar-refractivity contribution in [3.8, 4) is 0 Å². The van der Waals surface area contributed by atoms with Crippen molar-refractivity contribution in [2.45, 2.75) is 29.9 Å². The Hall–Kier alpha value is -1.21. The van der Waals surface area contributed by atoms with Gasteiger partial charge in [-0.3, -0.25) is 0 Å². The van der Waals surface area contributed by atoms with Crippen LogP contribution in [0.25, 0.3) is 0 Å². The molecule has 0 atom stereocenters. The first-order valence-electron chi connectivity index (χ1n) is 6.00. The Morgan fingerprint density at radius 1 is 0.882 bits per heavy atom. The van der Waals surface area contributed by atoms with Crippen LogP contribution in [0.15, 0.2) is 53.4 Å². The Morgan fingerprint density at radius 2 is 1.53 bits per heavy atom. The summed E-state index contributed by atoms with van der Waals surface area (Å²) in [5, 5.41) is 0. The van der Waals surface area contributed by atoms with Gasteiger partial charge in [-0.05, 0) is 22.8 Å². The van der Waals surface area contributed by atoms with Crippen LogP contribution < -0.4 is 0 Å². The molecule has 0 fully saturated rings. The summed E-state index contributed by atoms with van der Waals surface area (Å²) in [5.74, 6) is 1.08. The SMILES string of the molecule is CC1(C)c2ccccc2CSc2ccccc21. The van der Waals surface area contributed by atoms with Crippen LogP contribution in [0, 0.1) is 0 Å². The maximum Gasteiger partial charge on any atom is 0.0235 e. The van der Waals surface area contributed by atoms with Gasteiger partial charge in [-0.15, -0.1) is 11.8 Å². The second-order valence-electron chi connectivity index (χ2n) is 5.07. The lowest BCUT2D eigenvalue weighted by Crippen LogP contribution is -2.20. The smallest absolute Gasteiger partial charge is 0.0235 e. The predicted molar refractivity (Wildman–Crippen MR) is 74.6 cm³/mol. The molecule has 3 rings (SSSR count). The molecule has 0 radical (unpaired) electrons. The molecule has 17 heavy (non-hydrogen) atoms. The molecule has 0 bridgehead atoms. The van der Waals surface area contributed by atoms with Gasteiger partial charge < -0.3 is 0 Å². The molecule has 0 spiro atoms. The highest BCUT2D eigenvalue weighted by Crippen LogP contribution is 2.43. The van der Waals surface area contributed by atoms with Gasteiger partial charge in [-0.2, -0.15) is 0 Å². The van der Waals surface area contributed by atoms with Crippen molar-refractivity contribution in [2.75, 3.05) is 0 Å². The zero-order valence-electron chi connectivity index (χ0n) is 10.2. The van der Waals surface area contributed by atoms with Crippen molar-refractivity contribution in [2.24, 2.45) is 0 Å². The first-order valence-corrected chi connectivity index (χ1v) is 6.99. The third kappa shape index (κ3) is 1.69. The molecule has 0 N–H and O–H groups in total. The van der Waals surface area contributed by atoms with Gasteiger partial charge in [-0.25, -0.2) is 0 Å². The molecule has 1 aliphatic rings. The van der Waals surface area contributed by atoms with Crippen molar-refractivity contribution in [1.29, 1.82) is 0 Å². The summed E-state index contributed by atoms with van der Waals surface area (Å²) in [7, 11) is 0. The Kier molecular flexibility index (Phi) is 2.52. The lowest BCUT2D eigenvalue weighted by Gasteiger charge is -2.27. The van der Waals surface area contributed by atoms with E-state index in [4.69, 9.17) is 0 Å². The number of fused-ring (bicyclic) bond motifs is 2. The van der Waals surface area contributed by atoms with Crippen LogP contribution >= 0.6 is 11.8 Å². The van der Waals surface area contributed by atoms with Crippen LogP contribution in [-0.2, 0) is 11.2 Å². The zero-order valence-corrected chi connectivity index (χ0v) is 11.1. The van der Waals surface area contributed by atoms with Crippen molar-refractivity contribution in [3.63, 3.8) is 0 Å². The minimum absolute atomic E-state index is 0.108. The molecule has 1 aliphatic heterocycles. The maximum absolute atomic E-state index is 2.33. The Balaban J connectivity index is 2.27. The highest BCUT2D eigenvalue weighted by atomic mass is 32.2. The standard InChI is InChI=1S/C16H16S/c1-16(2)13-8-4-3-7-12(13)11-17-15-10-6-5-9-14(15)16/h3-10H,11H2,1-2H3. The lowest BCUT2D eigenvalue weighted by molar-refractivity contribution is 0.625. The topological polar surface area (TPSA) is 0 Å². The molecule has 1 heteroatoms. The molecule has 0 nitrogen and oxygen atoms in total. The molecule has 1 heterocycles. The third-order valence-electron chi connectivity index (χ3n) is 3.63. The fourth-order valence-corrected chi connectivity index (χ4v) is 3.88. The van der Waals surface area contributed by atoms with E-state index in [1.807, 2.05) is 11.8 Å². The van der Waals surface area contributed by atoms with Gasteiger partial charge >= 0.3 is 0 Å². The first-order chi connectivity index (χ1) is 8.19. The van der Waals surface area contributed by atoms with Gasteiger partial charge in [0.2, 0.25) is 0 Å². The molecule has 0 aliphatic carbocycles. The number of thioether (sulfide) groups is 1. The van der Waals surface area contributed by atoms with Gasteiger partial charge in [0.15, 0.2) is 0 Å². The Morgan fingerprint density at radius 3 is 2.35 bits per heavy atom. The molecule has 0 saturated carbocycles. The molecule has 0 unspecified atom stereocenters. The molecular formula is C16H16S. The average molecular weight is 240 g/mol. The number of hydrogen-bond acceptors (Lipinski definition) is 1. The molecular weight excluding hydrogens is 224 g/mol. The van der Waals surface area contributed by atoms with Crippen molar-refractivity contribution in [1.82, 2.24) is 0 Å². The molecule has 2 aromatic rings. The summed E-state index contributed by atoms with van der Waals surface area (Å²) < 4.78 is 0. The van der Waals surface area contributed by atoms with E-state index < -0.39 is 0 Å². The average Bonchev–Trinajstić information content (AvgIpc) is 2.47. The van der Waals surface area contributed by atoms with Crippen LogP contribution in [0.4, 0.5) is 0 Å². The van der Waals surface area contributed by atoms with Crippen molar-refractivity contribution >= 4 is 11.8 Å². The quantitative estimate of drug-likeness (QED) is 0.647. The van der Waals surface area contributed by atoms with Crippen LogP contribution in [0.5, 0.6) is 0 Å². The summed E-state index contributed by atoms with van der Waals surface area (Å²) in [5.41, 5.74) is 4.50. The lowest BCUT2D eigenvalue weighted by atomic mass is 9.76. The van der Waals surface area contributed by atoms with Gasteiger partial charge in [0.05, 0.1) is 0 Å². The van der Waals surface area contributed by atoms with E-state index in [-0.39, 0.29) is 5.41 Å². The second kappa shape index (κ2) is 3.92. The first kappa shape index (κ1) is 10.9. The largest absolute Gasteiger partial charge is 0.121 e. The number of hydrogen-bond donors (Lipinski definition) is 0. The summed E-state index contributed by atoms with van der Waals surface area (Å²) in [6.45, 7) is 4.66. The van der Waals surface area contributed by atoms with E-state index in [1.165, 1.54) is 21.6 Å². The molecule has 0 amide bonds. The van der Waals surface area contributed by atoms with Crippen molar-refractivity contribution < 1.29 is 0 Å². The zero-order chi connectivity index (χ0) is 11.9. The summed E-state index contributed by atoms with van der Waals surface area (Å²) in [6, 6.07) is 17.6. The van der Waals surface area contributed by atoms with Crippen LogP contribution in [0.1, 0.15) is 30.5 Å². The maximum atomic E-state index is 2.33. The van der Waals surface area contributed by atoms with Crippen LogP contribution in [-0.4, -0.2) is 0 Å². The number of rotatable bonds is 0. The van der Waals surface area contributed by atoms with E-state index in [9.17, 15) is 0 Å². The van der Waals surface area contributed by atoms with Gasteiger partial charge in [0.1, 0.15) is 0 Å². The van der Waals surface area contributed by atoms with Crippen molar-refractivity contribution in [3.05, 3.63) is 65.2 Å². The fraction of sp³-hybridized carbons (Fsp3) is 0.250. The predicted octanol–water partition coefficient (Wildman–Crippen LogP) is 4.62. The van der Waals surface area contributed by atoms with Crippen LogP contribution in [0.3, 0.4) is 0 Å². The summed E-state index contributed by atoms with van der Waals surface area (Å²) >= 11 is 1.95. The number of benzene rings is 2. The van der Waals surface area contributed by atoms with E-state index in [1.54, 1.807) is 0 Å². The highest BCUT2D eigenvalue weighted by Gasteiger charge is 2.30. The van der Waals surface area contributed by atoms with E-state index in [0.29, 0.717) is 0 Å². The fourth-order valence-electron chi connectivity index (χ4n) is 2.67. The second-order valence-corrected chi connectivity index (χ2v) is 6.08. The van der Waals surface area contributed by atoms with E-state index in [2.05, 4.69) is 62.4 Å². The minimum Gasteiger partial charge on any atom is -0.121 e. The molecule has 0 saturated heterocycles. The summed E-state index contributed by atoms with van der Waals surface area (Å²) in [4.78, 5) is 1.42. The minimum atomic E-state index is 0.108. The molecule has 2 aromatic carbocycles. The molecule has 86 valence electrons. The Bertz CT molecular complexity index is 505. The monoisotopic (exact) mass is 240 g/mol. The highest BCUT2D eigenvalue weighted by molar-refractivity contribution is 7.98. The summed E-state index contributed by atoms with van der Waals surface area (Å²) in [6.07, 6.45) is 0. The van der Waals surface area contributed by atoms with E-state index >= 15 is 0 Å². The third-order valence-corrected chi connectivity index (χ3v) is 4.76. The molecule has 0 aromatic heterocycles. The normalized spacial score (nSPS) is 16.8. The Labute approximate surface area is 107 Å². The van der Waals surface area contributed by atoms with Gasteiger partial charge in [0.25, 0.3) is 0 Å². The van der Waals surface area contributed by atoms with Crippen LogP contribution in [0.2, 0.25) is 0 Å². The van der Waals surface area contributed by atoms with Gasteiger partial charge in [-0.1, -0.05) is 56.3 Å². The van der Waals surface area contributed by atoms with E-state index in [0.717, 1.165) is 5.75 Å². The van der Waals surface area contributed by atoms with Gasteiger partial charge in [0, 0.05) is 16.1 Å².